The van der Waals surface area contributed by atoms with E-state index in [2.05, 4.69) is 34.0 Å². The maximum atomic E-state index is 14.6. The minimum Gasteiger partial charge on any atom is -0.384 e. The summed E-state index contributed by atoms with van der Waals surface area (Å²) in [6, 6.07) is 3.82. The largest absolute Gasteiger partial charge is 0.384 e. The fourth-order valence-corrected chi connectivity index (χ4v) is 4.65. The molecule has 0 amide bonds. The van der Waals surface area contributed by atoms with Gasteiger partial charge < -0.3 is 15.5 Å². The van der Waals surface area contributed by atoms with Crippen LogP contribution < -0.4 is 15.5 Å². The van der Waals surface area contributed by atoms with E-state index < -0.39 is 0 Å². The van der Waals surface area contributed by atoms with Gasteiger partial charge in [-0.05, 0) is 24.5 Å². The van der Waals surface area contributed by atoms with Gasteiger partial charge in [-0.25, -0.2) is 4.98 Å². The molecule has 0 bridgehead atoms. The van der Waals surface area contributed by atoms with Gasteiger partial charge in [-0.2, -0.15) is 4.39 Å². The van der Waals surface area contributed by atoms with Gasteiger partial charge in [-0.3, -0.25) is 0 Å². The number of hydrogen-bond acceptors (Lipinski definition) is 5. The van der Waals surface area contributed by atoms with Crippen LogP contribution in [0, 0.1) is 11.9 Å². The van der Waals surface area contributed by atoms with Crippen LogP contribution in [0.25, 0.3) is 0 Å². The molecule has 1 aromatic heterocycles. The van der Waals surface area contributed by atoms with Crippen LogP contribution in [-0.4, -0.2) is 24.6 Å². The first-order chi connectivity index (χ1) is 11.1. The first kappa shape index (κ1) is 14.9. The second-order valence-corrected chi connectivity index (χ2v) is 7.61. The van der Waals surface area contributed by atoms with Gasteiger partial charge in [-0.15, -0.1) is 0 Å². The quantitative estimate of drug-likeness (QED) is 0.815. The van der Waals surface area contributed by atoms with Crippen molar-refractivity contribution in [2.24, 2.45) is 5.92 Å². The molecule has 122 valence electrons. The smallest absolute Gasteiger partial charge is 0.220 e. The number of rotatable bonds is 2. The molecule has 0 aliphatic carbocycles. The number of aromatic nitrogens is 1. The number of hydrogen-bond donors (Lipinski definition) is 2. The van der Waals surface area contributed by atoms with Gasteiger partial charge >= 0.3 is 0 Å². The molecule has 4 rings (SSSR count). The van der Waals surface area contributed by atoms with Gasteiger partial charge in [0.25, 0.3) is 0 Å². The van der Waals surface area contributed by atoms with Crippen molar-refractivity contribution >= 4 is 17.6 Å². The first-order valence-corrected chi connectivity index (χ1v) is 9.00. The molecule has 2 unspecified atom stereocenters. The number of anilines is 1. The minimum atomic E-state index is -0.370. The van der Waals surface area contributed by atoms with Crippen molar-refractivity contribution in [3.63, 3.8) is 0 Å². The van der Waals surface area contributed by atoms with E-state index in [1.807, 2.05) is 12.1 Å². The number of nitrogens with one attached hydrogen (secondary N) is 2. The van der Waals surface area contributed by atoms with Gasteiger partial charge in [0.05, 0.1) is 4.91 Å². The Balaban J connectivity index is 1.53. The topological polar surface area (TPSA) is 40.2 Å². The third-order valence-electron chi connectivity index (χ3n) is 4.70. The van der Waals surface area contributed by atoms with Crippen molar-refractivity contribution in [1.82, 2.24) is 15.6 Å². The summed E-state index contributed by atoms with van der Waals surface area (Å²) in [7, 11) is 0. The summed E-state index contributed by atoms with van der Waals surface area (Å²) < 4.78 is 14.6. The normalized spacial score (nSPS) is 27.0. The van der Waals surface area contributed by atoms with Gasteiger partial charge in [0, 0.05) is 43.0 Å². The Morgan fingerprint density at radius 3 is 3.00 bits per heavy atom. The van der Waals surface area contributed by atoms with Crippen molar-refractivity contribution in [3.8, 4) is 0 Å². The van der Waals surface area contributed by atoms with E-state index in [4.69, 9.17) is 0 Å². The van der Waals surface area contributed by atoms with Crippen molar-refractivity contribution in [3.05, 3.63) is 46.5 Å². The lowest BCUT2D eigenvalue weighted by molar-refractivity contribution is 0.555. The summed E-state index contributed by atoms with van der Waals surface area (Å²) in [5.74, 6) is 1.04. The molecule has 4 nitrogen and oxygen atoms in total. The number of halogens is 1. The Morgan fingerprint density at radius 1 is 1.43 bits per heavy atom. The summed E-state index contributed by atoms with van der Waals surface area (Å²) in [5, 5.41) is 6.57. The van der Waals surface area contributed by atoms with Crippen LogP contribution in [0.15, 0.2) is 35.0 Å². The van der Waals surface area contributed by atoms with E-state index in [-0.39, 0.29) is 11.3 Å². The zero-order valence-electron chi connectivity index (χ0n) is 13.2. The van der Waals surface area contributed by atoms with Crippen LogP contribution in [0.1, 0.15) is 30.7 Å². The molecule has 2 N–H and O–H groups in total. The molecular formula is C17H21FN4S. The summed E-state index contributed by atoms with van der Waals surface area (Å²) >= 11 is 1.62. The van der Waals surface area contributed by atoms with Gasteiger partial charge in [0.1, 0.15) is 11.2 Å². The SMILES string of the molecule is C=C1NCCC2=C1SC(c1ccc(N3CCC(C)C3)nc1F)N2. The third-order valence-corrected chi connectivity index (χ3v) is 6.03. The van der Waals surface area contributed by atoms with Crippen LogP contribution in [-0.2, 0) is 0 Å². The summed E-state index contributed by atoms with van der Waals surface area (Å²) in [4.78, 5) is 7.51. The van der Waals surface area contributed by atoms with Crippen LogP contribution in [0.2, 0.25) is 0 Å². The van der Waals surface area contributed by atoms with Crippen LogP contribution in [0.5, 0.6) is 0 Å². The molecule has 0 saturated carbocycles. The van der Waals surface area contributed by atoms with E-state index in [1.165, 1.54) is 5.70 Å². The molecule has 0 radical (unpaired) electrons. The fraction of sp³-hybridized carbons (Fsp3) is 0.471. The molecule has 1 fully saturated rings. The lowest BCUT2D eigenvalue weighted by Crippen LogP contribution is -2.24. The molecule has 3 aliphatic rings. The van der Waals surface area contributed by atoms with Gasteiger partial charge in [-0.1, -0.05) is 25.3 Å². The number of nitrogens with zero attached hydrogens (tertiary/aromatic N) is 2. The standard InChI is InChI=1S/C17H21FN4S/c1-10-6-8-22(9-10)14-4-3-12(16(18)21-14)17-20-13-5-7-19-11(2)15(13)23-17/h3-4,10,17,19-20H,2,5-9H2,1H3. The molecule has 6 heteroatoms. The zero-order valence-corrected chi connectivity index (χ0v) is 14.0. The molecule has 3 aliphatic heterocycles. The van der Waals surface area contributed by atoms with E-state index in [0.29, 0.717) is 11.5 Å². The molecule has 23 heavy (non-hydrogen) atoms. The molecule has 4 heterocycles. The van der Waals surface area contributed by atoms with Crippen LogP contribution >= 0.6 is 11.8 Å². The highest BCUT2D eigenvalue weighted by molar-refractivity contribution is 8.03. The van der Waals surface area contributed by atoms with E-state index >= 15 is 0 Å². The summed E-state index contributed by atoms with van der Waals surface area (Å²) in [5.41, 5.74) is 2.72. The zero-order chi connectivity index (χ0) is 16.0. The molecule has 0 aromatic carbocycles. The highest BCUT2D eigenvalue weighted by atomic mass is 32.2. The molecule has 1 saturated heterocycles. The third kappa shape index (κ3) is 2.69. The van der Waals surface area contributed by atoms with Crippen molar-refractivity contribution in [2.75, 3.05) is 24.5 Å². The number of pyridine rings is 1. The predicted molar refractivity (Wildman–Crippen MR) is 92.4 cm³/mol. The lowest BCUT2D eigenvalue weighted by Gasteiger charge is -2.19. The Kier molecular flexibility index (Phi) is 3.71. The number of thioether (sulfide) groups is 1. The van der Waals surface area contributed by atoms with E-state index in [0.717, 1.165) is 48.9 Å². The van der Waals surface area contributed by atoms with Gasteiger partial charge in [0.2, 0.25) is 5.95 Å². The average Bonchev–Trinajstić information content (AvgIpc) is 3.14. The Hall–Kier alpha value is -1.69. The predicted octanol–water partition coefficient (Wildman–Crippen LogP) is 3.12. The second-order valence-electron chi connectivity index (χ2n) is 6.49. The molecule has 0 spiro atoms. The highest BCUT2D eigenvalue weighted by Crippen LogP contribution is 2.45. The molecular weight excluding hydrogens is 311 g/mol. The first-order valence-electron chi connectivity index (χ1n) is 8.12. The monoisotopic (exact) mass is 332 g/mol. The van der Waals surface area contributed by atoms with Crippen LogP contribution in [0.3, 0.4) is 0 Å². The average molecular weight is 332 g/mol. The van der Waals surface area contributed by atoms with E-state index in [1.54, 1.807) is 11.8 Å². The summed E-state index contributed by atoms with van der Waals surface area (Å²) in [6.07, 6.45) is 2.08. The van der Waals surface area contributed by atoms with Gasteiger partial charge in [0.15, 0.2) is 0 Å². The minimum absolute atomic E-state index is 0.115. The molecule has 2 atom stereocenters. The second kappa shape index (κ2) is 5.74. The summed E-state index contributed by atoms with van der Waals surface area (Å²) in [6.45, 7) is 9.06. The Morgan fingerprint density at radius 2 is 2.30 bits per heavy atom. The molecule has 1 aromatic rings. The van der Waals surface area contributed by atoms with Crippen LogP contribution in [0.4, 0.5) is 10.2 Å². The maximum absolute atomic E-state index is 14.6. The van der Waals surface area contributed by atoms with Crippen molar-refractivity contribution < 1.29 is 4.39 Å². The highest BCUT2D eigenvalue weighted by Gasteiger charge is 2.31. The maximum Gasteiger partial charge on any atom is 0.220 e. The Bertz CT molecular complexity index is 687. The van der Waals surface area contributed by atoms with Crippen molar-refractivity contribution in [1.29, 1.82) is 0 Å². The van der Waals surface area contributed by atoms with E-state index in [9.17, 15) is 4.39 Å². The van der Waals surface area contributed by atoms with Crippen molar-refractivity contribution in [2.45, 2.75) is 25.1 Å². The lowest BCUT2D eigenvalue weighted by atomic mass is 10.2. The fourth-order valence-electron chi connectivity index (χ4n) is 3.39. The Labute approximate surface area is 140 Å².